The Bertz CT molecular complexity index is 406. The fraction of sp³-hybridized carbons (Fsp3) is 0.571. The van der Waals surface area contributed by atoms with Gasteiger partial charge in [-0.1, -0.05) is 13.0 Å². The first-order chi connectivity index (χ1) is 8.61. The molecule has 2 rings (SSSR count). The second-order valence-corrected chi connectivity index (χ2v) is 4.81. The number of likely N-dealkylation sites (N-methyl/N-ethyl adjacent to an activating group) is 1. The Balaban J connectivity index is 2.06. The zero-order valence-electron chi connectivity index (χ0n) is 11.2. The molecule has 0 amide bonds. The van der Waals surface area contributed by atoms with E-state index in [4.69, 9.17) is 9.47 Å². The number of nitrogens with zero attached hydrogens (tertiary/aromatic N) is 1. The molecule has 0 fully saturated rings. The first-order valence-electron chi connectivity index (χ1n) is 6.43. The molecule has 1 unspecified atom stereocenters. The minimum Gasteiger partial charge on any atom is -0.454 e. The molecule has 0 aromatic heterocycles. The second-order valence-electron chi connectivity index (χ2n) is 4.81. The van der Waals surface area contributed by atoms with Gasteiger partial charge in [0.15, 0.2) is 11.5 Å². The zero-order valence-corrected chi connectivity index (χ0v) is 11.2. The van der Waals surface area contributed by atoms with Crippen molar-refractivity contribution >= 4 is 0 Å². The second kappa shape index (κ2) is 5.59. The molecule has 1 aliphatic heterocycles. The molecule has 0 radical (unpaired) electrons. The van der Waals surface area contributed by atoms with Crippen molar-refractivity contribution in [2.45, 2.75) is 32.9 Å². The quantitative estimate of drug-likeness (QED) is 0.871. The number of aliphatic hydroxyl groups is 1. The van der Waals surface area contributed by atoms with E-state index in [1.165, 1.54) is 0 Å². The van der Waals surface area contributed by atoms with Gasteiger partial charge in [-0.25, -0.2) is 0 Å². The van der Waals surface area contributed by atoms with Crippen molar-refractivity contribution in [1.82, 2.24) is 4.90 Å². The highest BCUT2D eigenvalue weighted by Gasteiger charge is 2.19. The maximum atomic E-state index is 10.3. The summed E-state index contributed by atoms with van der Waals surface area (Å²) < 4.78 is 10.6. The van der Waals surface area contributed by atoms with Crippen molar-refractivity contribution in [2.24, 2.45) is 0 Å². The van der Waals surface area contributed by atoms with Crippen LogP contribution >= 0.6 is 0 Å². The van der Waals surface area contributed by atoms with E-state index in [2.05, 4.69) is 25.7 Å². The van der Waals surface area contributed by atoms with Crippen molar-refractivity contribution in [3.05, 3.63) is 23.8 Å². The lowest BCUT2D eigenvalue weighted by Crippen LogP contribution is -2.34. The number of rotatable bonds is 5. The number of hydrogen-bond donors (Lipinski definition) is 1. The van der Waals surface area contributed by atoms with Crippen molar-refractivity contribution in [1.29, 1.82) is 0 Å². The van der Waals surface area contributed by atoms with Crippen molar-refractivity contribution in [3.8, 4) is 11.5 Å². The lowest BCUT2D eigenvalue weighted by Gasteiger charge is -2.27. The molecule has 18 heavy (non-hydrogen) atoms. The smallest absolute Gasteiger partial charge is 0.231 e. The van der Waals surface area contributed by atoms with E-state index in [1.54, 1.807) is 0 Å². The summed E-state index contributed by atoms with van der Waals surface area (Å²) in [5, 5.41) is 10.3. The van der Waals surface area contributed by atoms with Crippen LogP contribution in [0.1, 0.15) is 32.4 Å². The zero-order chi connectivity index (χ0) is 13.1. The Kier molecular flexibility index (Phi) is 4.09. The first kappa shape index (κ1) is 13.2. The molecule has 1 aromatic carbocycles. The van der Waals surface area contributed by atoms with Crippen LogP contribution in [0.25, 0.3) is 0 Å². The Morgan fingerprint density at radius 3 is 2.67 bits per heavy atom. The molecule has 4 heteroatoms. The fourth-order valence-electron chi connectivity index (χ4n) is 2.15. The van der Waals surface area contributed by atoms with Crippen LogP contribution in [0.2, 0.25) is 0 Å². The summed E-state index contributed by atoms with van der Waals surface area (Å²) in [6.07, 6.45) is -0.498. The summed E-state index contributed by atoms with van der Waals surface area (Å²) in [7, 11) is 0. The van der Waals surface area contributed by atoms with Crippen LogP contribution in [-0.2, 0) is 0 Å². The molecule has 1 aliphatic rings. The van der Waals surface area contributed by atoms with Gasteiger partial charge in [-0.2, -0.15) is 0 Å². The molecule has 0 aliphatic carbocycles. The highest BCUT2D eigenvalue weighted by Crippen LogP contribution is 2.34. The minimum atomic E-state index is -0.498. The van der Waals surface area contributed by atoms with Gasteiger partial charge in [0.2, 0.25) is 6.79 Å². The maximum absolute atomic E-state index is 10.3. The van der Waals surface area contributed by atoms with Gasteiger partial charge in [0.25, 0.3) is 0 Å². The fourth-order valence-corrected chi connectivity index (χ4v) is 2.15. The standard InChI is InChI=1S/C14H21NO3/c1-4-15(10(2)3)8-12(16)11-5-6-13-14(7-11)18-9-17-13/h5-7,10,12,16H,4,8-9H2,1-3H3. The van der Waals surface area contributed by atoms with E-state index in [-0.39, 0.29) is 6.79 Å². The topological polar surface area (TPSA) is 41.9 Å². The molecule has 1 N–H and O–H groups in total. The van der Waals surface area contributed by atoms with Gasteiger partial charge < -0.3 is 14.6 Å². The molecular formula is C14H21NO3. The first-order valence-corrected chi connectivity index (χ1v) is 6.43. The van der Waals surface area contributed by atoms with E-state index >= 15 is 0 Å². The Morgan fingerprint density at radius 1 is 1.28 bits per heavy atom. The van der Waals surface area contributed by atoms with Crippen LogP contribution in [0.15, 0.2) is 18.2 Å². The van der Waals surface area contributed by atoms with Crippen LogP contribution in [0, 0.1) is 0 Å². The highest BCUT2D eigenvalue weighted by atomic mass is 16.7. The molecular weight excluding hydrogens is 230 g/mol. The molecule has 100 valence electrons. The maximum Gasteiger partial charge on any atom is 0.231 e. The highest BCUT2D eigenvalue weighted by molar-refractivity contribution is 5.45. The van der Waals surface area contributed by atoms with E-state index < -0.39 is 6.10 Å². The summed E-state index contributed by atoms with van der Waals surface area (Å²) in [6, 6.07) is 6.04. The van der Waals surface area contributed by atoms with Gasteiger partial charge in [-0.3, -0.25) is 4.90 Å². The number of benzene rings is 1. The van der Waals surface area contributed by atoms with Crippen molar-refractivity contribution < 1.29 is 14.6 Å². The van der Waals surface area contributed by atoms with E-state index in [0.717, 1.165) is 23.6 Å². The summed E-state index contributed by atoms with van der Waals surface area (Å²) in [5.74, 6) is 1.47. The van der Waals surface area contributed by atoms with Crippen LogP contribution in [0.3, 0.4) is 0 Å². The van der Waals surface area contributed by atoms with E-state index in [0.29, 0.717) is 12.6 Å². The van der Waals surface area contributed by atoms with Crippen LogP contribution in [0.5, 0.6) is 11.5 Å². The molecule has 1 aromatic rings. The lowest BCUT2D eigenvalue weighted by molar-refractivity contribution is 0.0989. The third kappa shape index (κ3) is 2.76. The Morgan fingerprint density at radius 2 is 2.00 bits per heavy atom. The Hall–Kier alpha value is -1.26. The van der Waals surface area contributed by atoms with E-state index in [1.807, 2.05) is 18.2 Å². The SMILES string of the molecule is CCN(CC(O)c1ccc2c(c1)OCO2)C(C)C. The van der Waals surface area contributed by atoms with Gasteiger partial charge in [-0.05, 0) is 38.1 Å². The largest absolute Gasteiger partial charge is 0.454 e. The van der Waals surface area contributed by atoms with Gasteiger partial charge >= 0.3 is 0 Å². The normalized spacial score (nSPS) is 15.4. The number of ether oxygens (including phenoxy) is 2. The summed E-state index contributed by atoms with van der Waals surface area (Å²) in [4.78, 5) is 2.23. The van der Waals surface area contributed by atoms with Crippen LogP contribution in [-0.4, -0.2) is 35.9 Å². The van der Waals surface area contributed by atoms with Gasteiger partial charge in [0.1, 0.15) is 0 Å². The van der Waals surface area contributed by atoms with Gasteiger partial charge in [0, 0.05) is 12.6 Å². The summed E-state index contributed by atoms with van der Waals surface area (Å²) in [5.41, 5.74) is 0.873. The van der Waals surface area contributed by atoms with Gasteiger partial charge in [-0.15, -0.1) is 0 Å². The van der Waals surface area contributed by atoms with Gasteiger partial charge in [0.05, 0.1) is 6.10 Å². The van der Waals surface area contributed by atoms with Crippen molar-refractivity contribution in [3.63, 3.8) is 0 Å². The summed E-state index contributed by atoms with van der Waals surface area (Å²) in [6.45, 7) is 8.20. The van der Waals surface area contributed by atoms with Crippen LogP contribution < -0.4 is 9.47 Å². The third-order valence-electron chi connectivity index (χ3n) is 3.33. The number of hydrogen-bond acceptors (Lipinski definition) is 4. The number of aliphatic hydroxyl groups excluding tert-OH is 1. The Labute approximate surface area is 108 Å². The monoisotopic (exact) mass is 251 g/mol. The molecule has 0 spiro atoms. The van der Waals surface area contributed by atoms with Crippen molar-refractivity contribution in [2.75, 3.05) is 19.9 Å². The van der Waals surface area contributed by atoms with E-state index in [9.17, 15) is 5.11 Å². The van der Waals surface area contributed by atoms with Crippen LogP contribution in [0.4, 0.5) is 0 Å². The molecule has 0 bridgehead atoms. The third-order valence-corrected chi connectivity index (χ3v) is 3.33. The minimum absolute atomic E-state index is 0.266. The molecule has 0 saturated heterocycles. The average Bonchev–Trinajstić information content (AvgIpc) is 2.82. The lowest BCUT2D eigenvalue weighted by atomic mass is 10.1. The molecule has 1 atom stereocenters. The predicted octanol–water partition coefficient (Wildman–Crippen LogP) is 2.18. The summed E-state index contributed by atoms with van der Waals surface area (Å²) >= 11 is 0. The predicted molar refractivity (Wildman–Crippen MR) is 69.9 cm³/mol. The molecule has 1 heterocycles. The molecule has 0 saturated carbocycles. The molecule has 4 nitrogen and oxygen atoms in total. The number of fused-ring (bicyclic) bond motifs is 1. The average molecular weight is 251 g/mol.